The lowest BCUT2D eigenvalue weighted by atomic mass is 10.0. The Morgan fingerprint density at radius 1 is 0.970 bits per heavy atom. The monoisotopic (exact) mass is 510 g/mol. The lowest BCUT2D eigenvalue weighted by Crippen LogP contribution is -2.26. The number of carbonyl (C=O) groups is 3. The Kier molecular flexibility index (Phi) is 10.5. The normalized spacial score (nSPS) is 15.6. The Labute approximate surface area is 181 Å². The first-order valence-corrected chi connectivity index (χ1v) is 9.64. The number of rotatable bonds is 4. The van der Waals surface area contributed by atoms with E-state index >= 15 is 0 Å². The summed E-state index contributed by atoms with van der Waals surface area (Å²) in [7, 11) is -3.73. The predicted octanol–water partition coefficient (Wildman–Crippen LogP) is 0.616. The summed E-state index contributed by atoms with van der Waals surface area (Å²) in [6, 6.07) is 6.34. The van der Waals surface area contributed by atoms with Crippen molar-refractivity contribution in [1.29, 1.82) is 0 Å². The van der Waals surface area contributed by atoms with E-state index in [1.165, 1.54) is 0 Å². The number of hydrogen-bond acceptors (Lipinski definition) is 7. The summed E-state index contributed by atoms with van der Waals surface area (Å²) in [5.41, 5.74) is 6.95. The smallest absolute Gasteiger partial charge is 0.475 e. The highest BCUT2D eigenvalue weighted by Crippen LogP contribution is 2.24. The molecule has 6 N–H and O–H groups in total. The standard InChI is InChI=1S/C12H14N2O4S.2C2HF3O2/c13-10(7-15)5-8-1-3-9(4-2-8)11-6-12(16)14-19(11,17)18;2*3-2(4,5)1(6)7/h1-4,6,10,15H,5,7,13H2,(H,14,16);2*(H,6,7)/t10-;;/m0../s1. The summed E-state index contributed by atoms with van der Waals surface area (Å²) in [4.78, 5) is 28.8. The zero-order valence-electron chi connectivity index (χ0n) is 16.0. The van der Waals surface area contributed by atoms with Gasteiger partial charge in [0.2, 0.25) is 0 Å². The molecular weight excluding hydrogens is 494 g/mol. The van der Waals surface area contributed by atoms with Gasteiger partial charge in [0.05, 0.1) is 6.61 Å². The van der Waals surface area contributed by atoms with Crippen molar-refractivity contribution in [3.05, 3.63) is 41.5 Å². The number of nitrogens with two attached hydrogens (primary N) is 1. The first-order valence-electron chi connectivity index (χ1n) is 8.15. The molecule has 1 atom stereocenters. The summed E-state index contributed by atoms with van der Waals surface area (Å²) in [6.07, 6.45) is -8.61. The fraction of sp³-hybridized carbons (Fsp3) is 0.312. The second kappa shape index (κ2) is 11.6. The summed E-state index contributed by atoms with van der Waals surface area (Å²) in [6.45, 7) is -0.111. The van der Waals surface area contributed by atoms with Gasteiger partial charge < -0.3 is 21.1 Å². The van der Waals surface area contributed by atoms with Gasteiger partial charge in [-0.2, -0.15) is 26.3 Å². The van der Waals surface area contributed by atoms with E-state index in [0.717, 1.165) is 11.6 Å². The summed E-state index contributed by atoms with van der Waals surface area (Å²) < 4.78 is 88.6. The molecule has 1 aromatic carbocycles. The van der Waals surface area contributed by atoms with E-state index in [0.29, 0.717) is 12.0 Å². The number of aliphatic hydroxyl groups is 1. The topological polar surface area (TPSA) is 184 Å². The number of carboxylic acid groups (broad SMARTS) is 2. The number of carboxylic acids is 2. The molecule has 1 aliphatic rings. The molecule has 0 bridgehead atoms. The van der Waals surface area contributed by atoms with Crippen LogP contribution < -0.4 is 10.5 Å². The second-order valence-corrected chi connectivity index (χ2v) is 7.58. The van der Waals surface area contributed by atoms with Gasteiger partial charge in [-0.15, -0.1) is 0 Å². The van der Waals surface area contributed by atoms with E-state index in [4.69, 9.17) is 30.6 Å². The van der Waals surface area contributed by atoms with Crippen LogP contribution in [0.3, 0.4) is 0 Å². The van der Waals surface area contributed by atoms with Crippen molar-refractivity contribution in [2.24, 2.45) is 5.73 Å². The Morgan fingerprint density at radius 2 is 1.36 bits per heavy atom. The van der Waals surface area contributed by atoms with Gasteiger partial charge >= 0.3 is 24.3 Å². The van der Waals surface area contributed by atoms with Gasteiger partial charge in [-0.3, -0.25) is 4.79 Å². The van der Waals surface area contributed by atoms with E-state index in [9.17, 15) is 39.6 Å². The quantitative estimate of drug-likeness (QED) is 0.362. The number of amides is 1. The third-order valence-corrected chi connectivity index (χ3v) is 4.65. The van der Waals surface area contributed by atoms with E-state index in [-0.39, 0.29) is 17.6 Å². The minimum absolute atomic E-state index is 0.0319. The highest BCUT2D eigenvalue weighted by molar-refractivity contribution is 7.99. The number of halogens is 6. The van der Waals surface area contributed by atoms with Gasteiger partial charge in [0.15, 0.2) is 0 Å². The number of benzene rings is 1. The maximum atomic E-state index is 11.6. The van der Waals surface area contributed by atoms with Gasteiger partial charge in [-0.25, -0.2) is 22.7 Å². The Morgan fingerprint density at radius 3 is 1.64 bits per heavy atom. The van der Waals surface area contributed by atoms with Crippen LogP contribution in [0.25, 0.3) is 4.91 Å². The molecule has 10 nitrogen and oxygen atoms in total. The van der Waals surface area contributed by atoms with E-state index < -0.39 is 40.2 Å². The number of hydrogen-bond donors (Lipinski definition) is 5. The number of alkyl halides is 6. The molecule has 17 heteroatoms. The zero-order chi connectivity index (χ0) is 26.2. The molecule has 1 aliphatic heterocycles. The molecule has 0 spiro atoms. The van der Waals surface area contributed by atoms with Gasteiger partial charge in [-0.05, 0) is 17.5 Å². The van der Waals surface area contributed by atoms with Crippen LogP contribution in [0, 0.1) is 0 Å². The number of carbonyl (C=O) groups excluding carboxylic acids is 1. The minimum atomic E-state index is -5.08. The van der Waals surface area contributed by atoms with Crippen molar-refractivity contribution >= 4 is 32.8 Å². The van der Waals surface area contributed by atoms with Gasteiger partial charge in [-0.1, -0.05) is 24.3 Å². The van der Waals surface area contributed by atoms with Crippen molar-refractivity contribution in [3.63, 3.8) is 0 Å². The molecule has 0 saturated carbocycles. The first kappa shape index (κ1) is 29.8. The van der Waals surface area contributed by atoms with Gasteiger partial charge in [0, 0.05) is 12.1 Å². The molecule has 1 amide bonds. The molecule has 0 radical (unpaired) electrons. The second-order valence-electron chi connectivity index (χ2n) is 5.93. The van der Waals surface area contributed by atoms with Crippen LogP contribution in [0.1, 0.15) is 11.1 Å². The fourth-order valence-corrected chi connectivity index (χ4v) is 2.97. The number of aliphatic carboxylic acids is 2. The Balaban J connectivity index is 0.000000605. The maximum Gasteiger partial charge on any atom is 0.490 e. The van der Waals surface area contributed by atoms with Crippen molar-refractivity contribution in [2.45, 2.75) is 24.8 Å². The minimum Gasteiger partial charge on any atom is -0.475 e. The summed E-state index contributed by atoms with van der Waals surface area (Å²) in [5, 5.41) is 23.1. The highest BCUT2D eigenvalue weighted by atomic mass is 32.2. The third kappa shape index (κ3) is 10.8. The van der Waals surface area contributed by atoms with Crippen LogP contribution in [0.2, 0.25) is 0 Å². The number of aliphatic hydroxyl groups excluding tert-OH is 1. The summed E-state index contributed by atoms with van der Waals surface area (Å²) in [5.74, 6) is -6.15. The number of nitrogens with one attached hydrogen (secondary N) is 1. The van der Waals surface area contributed by atoms with Crippen molar-refractivity contribution < 1.29 is 64.5 Å². The van der Waals surface area contributed by atoms with Crippen LogP contribution in [0.4, 0.5) is 26.3 Å². The average molecular weight is 510 g/mol. The van der Waals surface area contributed by atoms with Crippen LogP contribution >= 0.6 is 0 Å². The van der Waals surface area contributed by atoms with Gasteiger partial charge in [0.25, 0.3) is 15.9 Å². The van der Waals surface area contributed by atoms with Crippen LogP contribution in [-0.4, -0.2) is 66.6 Å². The molecule has 33 heavy (non-hydrogen) atoms. The number of sulfonamides is 1. The molecule has 1 heterocycles. The fourth-order valence-electron chi connectivity index (χ4n) is 1.82. The Bertz CT molecular complexity index is 964. The molecule has 186 valence electrons. The molecule has 0 aliphatic carbocycles. The molecule has 0 saturated heterocycles. The molecule has 1 aromatic rings. The summed E-state index contributed by atoms with van der Waals surface area (Å²) >= 11 is 0. The van der Waals surface area contributed by atoms with Crippen LogP contribution in [-0.2, 0) is 30.8 Å². The third-order valence-electron chi connectivity index (χ3n) is 3.24. The Hall–Kier alpha value is -3.18. The molecular formula is C16H16F6N2O8S. The van der Waals surface area contributed by atoms with E-state index in [2.05, 4.69) is 0 Å². The average Bonchev–Trinajstić information content (AvgIpc) is 2.93. The van der Waals surface area contributed by atoms with E-state index in [1.54, 1.807) is 24.3 Å². The molecule has 0 fully saturated rings. The SMILES string of the molecule is N[C@H](CO)Cc1ccc(C2=CC(=O)NS2(=O)=O)cc1.O=C(O)C(F)(F)F.O=C(O)C(F)(F)F. The van der Waals surface area contributed by atoms with Crippen molar-refractivity contribution in [3.8, 4) is 0 Å². The van der Waals surface area contributed by atoms with Crippen molar-refractivity contribution in [1.82, 2.24) is 4.72 Å². The lowest BCUT2D eigenvalue weighted by molar-refractivity contribution is -0.193. The molecule has 0 aromatic heterocycles. The predicted molar refractivity (Wildman–Crippen MR) is 97.6 cm³/mol. The zero-order valence-corrected chi connectivity index (χ0v) is 16.8. The van der Waals surface area contributed by atoms with Crippen LogP contribution in [0.5, 0.6) is 0 Å². The van der Waals surface area contributed by atoms with Gasteiger partial charge in [0.1, 0.15) is 4.91 Å². The lowest BCUT2D eigenvalue weighted by Gasteiger charge is -2.09. The van der Waals surface area contributed by atoms with Crippen molar-refractivity contribution in [2.75, 3.05) is 6.61 Å². The maximum absolute atomic E-state index is 11.6. The highest BCUT2D eigenvalue weighted by Gasteiger charge is 2.38. The largest absolute Gasteiger partial charge is 0.490 e. The molecule has 0 unspecified atom stereocenters. The van der Waals surface area contributed by atoms with Crippen LogP contribution in [0.15, 0.2) is 30.3 Å². The molecule has 2 rings (SSSR count). The van der Waals surface area contributed by atoms with E-state index in [1.807, 2.05) is 4.72 Å². The first-order chi connectivity index (χ1) is 14.8.